The van der Waals surface area contributed by atoms with E-state index >= 15 is 0 Å². The molecule has 1 aliphatic heterocycles. The number of amides is 1. The zero-order valence-corrected chi connectivity index (χ0v) is 13.1. The number of carbonyl (C=O) groups is 2. The van der Waals surface area contributed by atoms with Crippen molar-refractivity contribution in [1.29, 1.82) is 0 Å². The van der Waals surface area contributed by atoms with Crippen molar-refractivity contribution in [3.05, 3.63) is 19.2 Å². The summed E-state index contributed by atoms with van der Waals surface area (Å²) in [6.07, 6.45) is 0.275. The summed E-state index contributed by atoms with van der Waals surface area (Å²) >= 11 is 8.02. The number of nitrogens with zero attached hydrogens (tertiary/aromatic N) is 1. The van der Waals surface area contributed by atoms with Crippen molar-refractivity contribution < 1.29 is 14.7 Å². The van der Waals surface area contributed by atoms with Gasteiger partial charge in [-0.15, -0.1) is 11.3 Å². The Hall–Kier alpha value is -0.440. The lowest BCUT2D eigenvalue weighted by Crippen LogP contribution is -2.50. The molecule has 18 heavy (non-hydrogen) atoms. The van der Waals surface area contributed by atoms with Crippen LogP contribution in [0.4, 0.5) is 0 Å². The molecule has 1 aromatic rings. The molecule has 1 aliphatic rings. The van der Waals surface area contributed by atoms with E-state index in [0.717, 1.165) is 7.57 Å². The molecule has 0 aromatic carbocycles. The molecule has 1 fully saturated rings. The summed E-state index contributed by atoms with van der Waals surface area (Å²) in [7, 11) is 0. The van der Waals surface area contributed by atoms with E-state index in [2.05, 4.69) is 31.9 Å². The predicted molar refractivity (Wildman–Crippen MR) is 74.8 cm³/mol. The second-order valence-electron chi connectivity index (χ2n) is 4.18. The normalized spacial score (nSPS) is 23.4. The molecule has 1 saturated heterocycles. The number of hydrogen-bond acceptors (Lipinski definition) is 4. The van der Waals surface area contributed by atoms with Gasteiger partial charge in [0.1, 0.15) is 5.54 Å². The molecule has 98 valence electrons. The molecule has 0 saturated carbocycles. The number of carbonyl (C=O) groups excluding carboxylic acids is 1. The van der Waals surface area contributed by atoms with Crippen LogP contribution in [-0.4, -0.2) is 40.5 Å². The summed E-state index contributed by atoms with van der Waals surface area (Å²) in [5.41, 5.74) is 4.94. The fourth-order valence-electron chi connectivity index (χ4n) is 1.84. The average molecular weight is 398 g/mol. The van der Waals surface area contributed by atoms with Gasteiger partial charge in [-0.25, -0.2) is 0 Å². The molecule has 0 radical (unpaired) electrons. The second kappa shape index (κ2) is 4.92. The maximum Gasteiger partial charge on any atom is 0.325 e. The maximum atomic E-state index is 12.2. The first-order chi connectivity index (χ1) is 8.33. The lowest BCUT2D eigenvalue weighted by atomic mass is 10.0. The topological polar surface area (TPSA) is 83.6 Å². The van der Waals surface area contributed by atoms with Crippen molar-refractivity contribution in [2.45, 2.75) is 12.0 Å². The molecular weight excluding hydrogens is 388 g/mol. The number of likely N-dealkylation sites (tertiary alicyclic amines) is 1. The quantitative estimate of drug-likeness (QED) is 0.798. The third kappa shape index (κ3) is 2.47. The van der Waals surface area contributed by atoms with Crippen molar-refractivity contribution in [2.24, 2.45) is 5.73 Å². The molecular formula is C10H10Br2N2O3S. The summed E-state index contributed by atoms with van der Waals surface area (Å²) in [6, 6.07) is 1.72. The number of thiophene rings is 1. The number of aliphatic carboxylic acids is 1. The zero-order chi connectivity index (χ0) is 13.5. The van der Waals surface area contributed by atoms with E-state index in [1.807, 2.05) is 0 Å². The third-order valence-electron chi connectivity index (χ3n) is 2.90. The Morgan fingerprint density at radius 2 is 2.17 bits per heavy atom. The number of carboxylic acids is 1. The lowest BCUT2D eigenvalue weighted by Gasteiger charge is -2.19. The van der Waals surface area contributed by atoms with Gasteiger partial charge >= 0.3 is 5.97 Å². The van der Waals surface area contributed by atoms with Crippen LogP contribution in [0.15, 0.2) is 13.6 Å². The van der Waals surface area contributed by atoms with E-state index in [4.69, 9.17) is 10.8 Å². The zero-order valence-electron chi connectivity index (χ0n) is 9.15. The van der Waals surface area contributed by atoms with Gasteiger partial charge in [0.25, 0.3) is 5.91 Å². The molecule has 0 aliphatic carbocycles. The molecule has 0 bridgehead atoms. The van der Waals surface area contributed by atoms with Gasteiger partial charge in [-0.05, 0) is 44.3 Å². The van der Waals surface area contributed by atoms with Crippen molar-refractivity contribution >= 4 is 55.1 Å². The molecule has 5 nitrogen and oxygen atoms in total. The number of hydrogen-bond donors (Lipinski definition) is 2. The van der Waals surface area contributed by atoms with E-state index in [1.54, 1.807) is 6.07 Å². The molecule has 3 N–H and O–H groups in total. The minimum absolute atomic E-state index is 0.0427. The van der Waals surface area contributed by atoms with Crippen LogP contribution < -0.4 is 5.73 Å². The van der Waals surface area contributed by atoms with Crippen molar-refractivity contribution in [3.63, 3.8) is 0 Å². The lowest BCUT2D eigenvalue weighted by molar-refractivity contribution is -0.142. The van der Waals surface area contributed by atoms with E-state index in [1.165, 1.54) is 16.2 Å². The molecule has 2 heterocycles. The standard InChI is InChI=1S/C10H10Br2N2O3S/c11-6-3-5(7(12)18-6)8(15)14-2-1-10(13,4-14)9(16)17/h3H,1-2,4,13H2,(H,16,17). The van der Waals surface area contributed by atoms with Crippen LogP contribution in [0.5, 0.6) is 0 Å². The second-order valence-corrected chi connectivity index (χ2v) is 7.93. The van der Waals surface area contributed by atoms with Crippen LogP contribution in [0.3, 0.4) is 0 Å². The van der Waals surface area contributed by atoms with Crippen LogP contribution >= 0.6 is 43.2 Å². The van der Waals surface area contributed by atoms with Crippen LogP contribution in [0.1, 0.15) is 16.8 Å². The van der Waals surface area contributed by atoms with E-state index in [9.17, 15) is 9.59 Å². The maximum absolute atomic E-state index is 12.2. The van der Waals surface area contributed by atoms with E-state index in [0.29, 0.717) is 12.1 Å². The van der Waals surface area contributed by atoms with E-state index < -0.39 is 11.5 Å². The SMILES string of the molecule is NC1(C(=O)O)CCN(C(=O)c2cc(Br)sc2Br)C1. The Morgan fingerprint density at radius 1 is 1.50 bits per heavy atom. The van der Waals surface area contributed by atoms with Gasteiger partial charge in [0.2, 0.25) is 0 Å². The summed E-state index contributed by atoms with van der Waals surface area (Å²) in [5, 5.41) is 9.02. The Bertz CT molecular complexity index is 519. The number of halogens is 2. The van der Waals surface area contributed by atoms with Crippen molar-refractivity contribution in [1.82, 2.24) is 4.90 Å². The summed E-state index contributed by atoms with van der Waals surface area (Å²) in [5.74, 6) is -1.26. The van der Waals surface area contributed by atoms with Gasteiger partial charge < -0.3 is 15.7 Å². The summed E-state index contributed by atoms with van der Waals surface area (Å²) in [6.45, 7) is 0.405. The highest BCUT2D eigenvalue weighted by Gasteiger charge is 2.43. The monoisotopic (exact) mass is 396 g/mol. The first-order valence-corrected chi connectivity index (χ1v) is 7.50. The van der Waals surface area contributed by atoms with Crippen molar-refractivity contribution in [3.8, 4) is 0 Å². The molecule has 0 spiro atoms. The number of carboxylic acid groups (broad SMARTS) is 1. The number of nitrogens with two attached hydrogens (primary N) is 1. The fourth-order valence-corrected chi connectivity index (χ4v) is 4.62. The number of rotatable bonds is 2. The first-order valence-electron chi connectivity index (χ1n) is 5.10. The largest absolute Gasteiger partial charge is 0.480 e. The van der Waals surface area contributed by atoms with Gasteiger partial charge in [-0.3, -0.25) is 9.59 Å². The van der Waals surface area contributed by atoms with Crippen LogP contribution in [-0.2, 0) is 4.79 Å². The first kappa shape index (κ1) is 14.0. The third-order valence-corrected chi connectivity index (χ3v) is 5.24. The molecule has 1 aromatic heterocycles. The molecule has 1 atom stereocenters. The van der Waals surface area contributed by atoms with Crippen LogP contribution in [0.2, 0.25) is 0 Å². The van der Waals surface area contributed by atoms with Gasteiger partial charge in [0.05, 0.1) is 13.1 Å². The van der Waals surface area contributed by atoms with Crippen LogP contribution in [0, 0.1) is 0 Å². The van der Waals surface area contributed by atoms with Gasteiger partial charge in [-0.1, -0.05) is 0 Å². The van der Waals surface area contributed by atoms with Gasteiger partial charge in [0.15, 0.2) is 0 Å². The predicted octanol–water partition coefficient (Wildman–Crippen LogP) is 1.90. The highest BCUT2D eigenvalue weighted by atomic mass is 79.9. The molecule has 1 unspecified atom stereocenters. The molecule has 1 amide bonds. The van der Waals surface area contributed by atoms with Crippen molar-refractivity contribution in [2.75, 3.05) is 13.1 Å². The van der Waals surface area contributed by atoms with E-state index in [-0.39, 0.29) is 18.9 Å². The average Bonchev–Trinajstić information content (AvgIpc) is 2.82. The highest BCUT2D eigenvalue weighted by molar-refractivity contribution is 9.12. The fraction of sp³-hybridized carbons (Fsp3) is 0.400. The van der Waals surface area contributed by atoms with Gasteiger partial charge in [-0.2, -0.15) is 0 Å². The minimum atomic E-state index is -1.32. The highest BCUT2D eigenvalue weighted by Crippen LogP contribution is 2.33. The minimum Gasteiger partial charge on any atom is -0.480 e. The smallest absolute Gasteiger partial charge is 0.325 e. The van der Waals surface area contributed by atoms with Crippen LogP contribution in [0.25, 0.3) is 0 Å². The Balaban J connectivity index is 2.18. The van der Waals surface area contributed by atoms with Gasteiger partial charge in [0, 0.05) is 13.1 Å². The Kier molecular flexibility index (Phi) is 3.82. The Labute approximate surface area is 124 Å². The Morgan fingerprint density at radius 3 is 2.61 bits per heavy atom. The molecule has 8 heteroatoms. The summed E-state index contributed by atoms with van der Waals surface area (Å²) < 4.78 is 1.57. The molecule has 2 rings (SSSR count). The summed E-state index contributed by atoms with van der Waals surface area (Å²) in [4.78, 5) is 24.7.